The highest BCUT2D eigenvalue weighted by atomic mass is 79.9. The standard InChI is InChI=1S/C19H26BrN3O2/c20-17-9-5-4-8-16(17)18(24)23-12-10-15(11-13-23)22-19(25)21-14-6-2-1-3-7-14/h4-5,8-9,14-15H,1-3,6-7,10-13H2,(H2,21,22,25). The van der Waals surface area contributed by atoms with Gasteiger partial charge in [0.2, 0.25) is 0 Å². The Labute approximate surface area is 157 Å². The first-order valence-corrected chi connectivity index (χ1v) is 10.0. The normalized spacial score (nSPS) is 19.5. The number of hydrogen-bond donors (Lipinski definition) is 2. The fourth-order valence-electron chi connectivity index (χ4n) is 3.69. The van der Waals surface area contributed by atoms with Crippen LogP contribution in [0.1, 0.15) is 55.3 Å². The molecule has 0 atom stereocenters. The second-order valence-corrected chi connectivity index (χ2v) is 7.85. The molecule has 0 bridgehead atoms. The Morgan fingerprint density at radius 1 is 0.920 bits per heavy atom. The largest absolute Gasteiger partial charge is 0.338 e. The van der Waals surface area contributed by atoms with Crippen LogP contribution >= 0.6 is 15.9 Å². The van der Waals surface area contributed by atoms with Crippen molar-refractivity contribution in [1.29, 1.82) is 0 Å². The van der Waals surface area contributed by atoms with Crippen molar-refractivity contribution in [3.8, 4) is 0 Å². The minimum absolute atomic E-state index is 0.0533. The van der Waals surface area contributed by atoms with Crippen LogP contribution in [0.15, 0.2) is 28.7 Å². The lowest BCUT2D eigenvalue weighted by Crippen LogP contribution is -2.51. The highest BCUT2D eigenvalue weighted by molar-refractivity contribution is 9.10. The maximum absolute atomic E-state index is 12.6. The zero-order chi connectivity index (χ0) is 17.6. The molecule has 0 unspecified atom stereocenters. The van der Waals surface area contributed by atoms with E-state index >= 15 is 0 Å². The predicted molar refractivity (Wildman–Crippen MR) is 102 cm³/mol. The Morgan fingerprint density at radius 2 is 1.52 bits per heavy atom. The third-order valence-electron chi connectivity index (χ3n) is 5.16. The molecule has 2 aliphatic rings. The number of carbonyl (C=O) groups excluding carboxylic acids is 2. The van der Waals surface area contributed by atoms with Crippen LogP contribution in [-0.2, 0) is 0 Å². The van der Waals surface area contributed by atoms with E-state index in [0.29, 0.717) is 24.7 Å². The monoisotopic (exact) mass is 407 g/mol. The molecule has 0 radical (unpaired) electrons. The van der Waals surface area contributed by atoms with E-state index in [9.17, 15) is 9.59 Å². The highest BCUT2D eigenvalue weighted by Crippen LogP contribution is 2.21. The molecule has 1 aliphatic heterocycles. The number of nitrogens with zero attached hydrogens (tertiary/aromatic N) is 1. The predicted octanol–water partition coefficient (Wildman–Crippen LogP) is 3.69. The molecule has 3 rings (SSSR count). The number of rotatable bonds is 3. The van der Waals surface area contributed by atoms with E-state index in [1.54, 1.807) is 0 Å². The minimum Gasteiger partial charge on any atom is -0.338 e. The van der Waals surface area contributed by atoms with Gasteiger partial charge in [-0.1, -0.05) is 31.4 Å². The smallest absolute Gasteiger partial charge is 0.315 e. The lowest BCUT2D eigenvalue weighted by molar-refractivity contribution is 0.0707. The summed E-state index contributed by atoms with van der Waals surface area (Å²) in [7, 11) is 0. The summed E-state index contributed by atoms with van der Waals surface area (Å²) in [4.78, 5) is 26.6. The van der Waals surface area contributed by atoms with Crippen LogP contribution in [0.4, 0.5) is 4.79 Å². The van der Waals surface area contributed by atoms with E-state index in [4.69, 9.17) is 0 Å². The van der Waals surface area contributed by atoms with Crippen molar-refractivity contribution in [2.24, 2.45) is 0 Å². The molecular weight excluding hydrogens is 382 g/mol. The molecule has 1 aromatic carbocycles. The Balaban J connectivity index is 1.44. The quantitative estimate of drug-likeness (QED) is 0.802. The maximum atomic E-state index is 12.6. The lowest BCUT2D eigenvalue weighted by atomic mass is 9.96. The van der Waals surface area contributed by atoms with Gasteiger partial charge in [0, 0.05) is 29.6 Å². The van der Waals surface area contributed by atoms with E-state index in [1.165, 1.54) is 19.3 Å². The van der Waals surface area contributed by atoms with Crippen LogP contribution in [-0.4, -0.2) is 42.0 Å². The van der Waals surface area contributed by atoms with Crippen molar-refractivity contribution in [2.75, 3.05) is 13.1 Å². The van der Waals surface area contributed by atoms with Crippen LogP contribution in [0.2, 0.25) is 0 Å². The molecule has 3 amide bonds. The van der Waals surface area contributed by atoms with Crippen LogP contribution in [0.3, 0.4) is 0 Å². The number of halogens is 1. The van der Waals surface area contributed by atoms with Crippen LogP contribution in [0, 0.1) is 0 Å². The molecule has 0 aromatic heterocycles. The average molecular weight is 408 g/mol. The fraction of sp³-hybridized carbons (Fsp3) is 0.579. The SMILES string of the molecule is O=C(NC1CCCCC1)NC1CCN(C(=O)c2ccccc2Br)CC1. The molecule has 1 saturated heterocycles. The summed E-state index contributed by atoms with van der Waals surface area (Å²) < 4.78 is 0.826. The van der Waals surface area contributed by atoms with Crippen molar-refractivity contribution in [3.05, 3.63) is 34.3 Å². The molecule has 2 fully saturated rings. The van der Waals surface area contributed by atoms with Gasteiger partial charge in [-0.15, -0.1) is 0 Å². The molecule has 2 N–H and O–H groups in total. The van der Waals surface area contributed by atoms with Gasteiger partial charge in [-0.05, 0) is 53.7 Å². The van der Waals surface area contributed by atoms with Gasteiger partial charge in [0.1, 0.15) is 0 Å². The number of benzene rings is 1. The maximum Gasteiger partial charge on any atom is 0.315 e. The zero-order valence-corrected chi connectivity index (χ0v) is 16.1. The van der Waals surface area contributed by atoms with Crippen molar-refractivity contribution >= 4 is 27.9 Å². The first-order chi connectivity index (χ1) is 12.1. The zero-order valence-electron chi connectivity index (χ0n) is 14.5. The van der Waals surface area contributed by atoms with Crippen LogP contribution < -0.4 is 10.6 Å². The van der Waals surface area contributed by atoms with Gasteiger partial charge in [-0.25, -0.2) is 4.79 Å². The summed E-state index contributed by atoms with van der Waals surface area (Å²) >= 11 is 3.44. The number of likely N-dealkylation sites (tertiary alicyclic amines) is 1. The van der Waals surface area contributed by atoms with Crippen LogP contribution in [0.5, 0.6) is 0 Å². The van der Waals surface area contributed by atoms with E-state index in [0.717, 1.165) is 30.2 Å². The molecule has 25 heavy (non-hydrogen) atoms. The van der Waals surface area contributed by atoms with Gasteiger partial charge < -0.3 is 15.5 Å². The Morgan fingerprint density at radius 3 is 2.16 bits per heavy atom. The summed E-state index contributed by atoms with van der Waals surface area (Å²) in [5.74, 6) is 0.0533. The van der Waals surface area contributed by atoms with Crippen molar-refractivity contribution in [2.45, 2.75) is 57.0 Å². The fourth-order valence-corrected chi connectivity index (χ4v) is 4.15. The van der Waals surface area contributed by atoms with Gasteiger partial charge in [0.05, 0.1) is 5.56 Å². The summed E-state index contributed by atoms with van der Waals surface area (Å²) in [5, 5.41) is 6.18. The van der Waals surface area contributed by atoms with Gasteiger partial charge in [-0.3, -0.25) is 4.79 Å². The van der Waals surface area contributed by atoms with Gasteiger partial charge in [0.25, 0.3) is 5.91 Å². The molecule has 1 heterocycles. The molecule has 6 heteroatoms. The average Bonchev–Trinajstić information content (AvgIpc) is 2.63. The van der Waals surface area contributed by atoms with Gasteiger partial charge in [0.15, 0.2) is 0 Å². The third kappa shape index (κ3) is 4.97. The van der Waals surface area contributed by atoms with E-state index in [2.05, 4.69) is 26.6 Å². The Hall–Kier alpha value is -1.56. The summed E-state index contributed by atoms with van der Waals surface area (Å²) in [6.07, 6.45) is 7.48. The number of piperidine rings is 1. The highest BCUT2D eigenvalue weighted by Gasteiger charge is 2.26. The van der Waals surface area contributed by atoms with Crippen molar-refractivity contribution in [1.82, 2.24) is 15.5 Å². The number of carbonyl (C=O) groups is 2. The Kier molecular flexibility index (Phi) is 6.34. The second-order valence-electron chi connectivity index (χ2n) is 7.00. The molecule has 5 nitrogen and oxygen atoms in total. The minimum atomic E-state index is -0.0533. The number of hydrogen-bond acceptors (Lipinski definition) is 2. The summed E-state index contributed by atoms with van der Waals surface area (Å²) in [6.45, 7) is 1.35. The third-order valence-corrected chi connectivity index (χ3v) is 5.85. The van der Waals surface area contributed by atoms with Gasteiger partial charge >= 0.3 is 6.03 Å². The lowest BCUT2D eigenvalue weighted by Gasteiger charge is -2.33. The number of nitrogens with one attached hydrogen (secondary N) is 2. The summed E-state index contributed by atoms with van der Waals surface area (Å²) in [5.41, 5.74) is 0.698. The molecular formula is C19H26BrN3O2. The number of amides is 3. The van der Waals surface area contributed by atoms with Gasteiger partial charge in [-0.2, -0.15) is 0 Å². The first kappa shape index (κ1) is 18.2. The van der Waals surface area contributed by atoms with Crippen LogP contribution in [0.25, 0.3) is 0 Å². The molecule has 136 valence electrons. The first-order valence-electron chi connectivity index (χ1n) is 9.24. The molecule has 1 saturated carbocycles. The van der Waals surface area contributed by atoms with Crippen molar-refractivity contribution in [3.63, 3.8) is 0 Å². The molecule has 0 spiro atoms. The summed E-state index contributed by atoms with van der Waals surface area (Å²) in [6, 6.07) is 7.93. The number of urea groups is 1. The topological polar surface area (TPSA) is 61.4 Å². The van der Waals surface area contributed by atoms with Crippen molar-refractivity contribution < 1.29 is 9.59 Å². The van der Waals surface area contributed by atoms with E-state index < -0.39 is 0 Å². The molecule has 1 aliphatic carbocycles. The van der Waals surface area contributed by atoms with E-state index in [1.807, 2.05) is 29.2 Å². The second kappa shape index (κ2) is 8.70. The van der Waals surface area contributed by atoms with E-state index in [-0.39, 0.29) is 18.0 Å². The Bertz CT molecular complexity index is 608. The molecule has 1 aromatic rings.